The molecule has 0 heterocycles. The average Bonchev–Trinajstić information content (AvgIpc) is 2.53. The molecule has 0 fully saturated rings. The summed E-state index contributed by atoms with van der Waals surface area (Å²) in [6.07, 6.45) is 15.5. The van der Waals surface area contributed by atoms with E-state index in [9.17, 15) is 9.90 Å². The van der Waals surface area contributed by atoms with Crippen LogP contribution in [0.2, 0.25) is 0 Å². The molecule has 4 heteroatoms. The summed E-state index contributed by atoms with van der Waals surface area (Å²) in [4.78, 5) is 11.0. The van der Waals surface area contributed by atoms with E-state index < -0.39 is 12.1 Å². The third-order valence-corrected chi connectivity index (χ3v) is 4.40. The van der Waals surface area contributed by atoms with Gasteiger partial charge in [0.1, 0.15) is 0 Å². The lowest BCUT2D eigenvalue weighted by Crippen LogP contribution is -2.44. The Morgan fingerprint density at radius 3 is 1.70 bits per heavy atom. The third kappa shape index (κ3) is 14.7. The first-order valence-corrected chi connectivity index (χ1v) is 9.67. The van der Waals surface area contributed by atoms with Crippen LogP contribution in [0.3, 0.4) is 0 Å². The van der Waals surface area contributed by atoms with Gasteiger partial charge in [0, 0.05) is 6.92 Å². The summed E-state index contributed by atoms with van der Waals surface area (Å²) in [6.45, 7) is 3.45. The Balaban J connectivity index is 3.36. The molecule has 4 nitrogen and oxygen atoms in total. The second-order valence-electron chi connectivity index (χ2n) is 6.73. The van der Waals surface area contributed by atoms with Gasteiger partial charge in [0.05, 0.1) is 18.8 Å². The van der Waals surface area contributed by atoms with E-state index in [1.165, 1.54) is 71.1 Å². The number of hydrogen-bond donors (Lipinski definition) is 3. The Morgan fingerprint density at radius 1 is 0.870 bits per heavy atom. The maximum Gasteiger partial charge on any atom is 0.217 e. The molecular weight excluding hydrogens is 290 g/mol. The lowest BCUT2D eigenvalue weighted by Gasteiger charge is -2.21. The fourth-order valence-electron chi connectivity index (χ4n) is 2.92. The van der Waals surface area contributed by atoms with Gasteiger partial charge in [0.2, 0.25) is 5.91 Å². The molecule has 0 saturated carbocycles. The van der Waals surface area contributed by atoms with Crippen molar-refractivity contribution in [1.82, 2.24) is 5.32 Å². The molecule has 0 aliphatic heterocycles. The number of carbonyl (C=O) groups excluding carboxylic acids is 1. The number of amides is 1. The number of carbonyl (C=O) groups is 1. The van der Waals surface area contributed by atoms with E-state index in [0.29, 0.717) is 6.42 Å². The van der Waals surface area contributed by atoms with Crippen molar-refractivity contribution in [2.75, 3.05) is 6.61 Å². The van der Waals surface area contributed by atoms with E-state index in [4.69, 9.17) is 5.11 Å². The van der Waals surface area contributed by atoms with Crippen LogP contribution in [0, 0.1) is 0 Å². The summed E-state index contributed by atoms with van der Waals surface area (Å²) in [6, 6.07) is -0.528. The highest BCUT2D eigenvalue weighted by molar-refractivity contribution is 5.73. The van der Waals surface area contributed by atoms with E-state index in [-0.39, 0.29) is 12.5 Å². The van der Waals surface area contributed by atoms with Crippen molar-refractivity contribution >= 4 is 5.91 Å². The molecule has 23 heavy (non-hydrogen) atoms. The Labute approximate surface area is 143 Å². The molecule has 2 atom stereocenters. The maximum absolute atomic E-state index is 11.0. The van der Waals surface area contributed by atoms with Crippen LogP contribution in [0.15, 0.2) is 0 Å². The molecule has 0 saturated heterocycles. The number of nitrogens with one attached hydrogen (secondary N) is 1. The van der Waals surface area contributed by atoms with Gasteiger partial charge in [-0.25, -0.2) is 0 Å². The van der Waals surface area contributed by atoms with Crippen LogP contribution in [0.1, 0.15) is 97.3 Å². The first-order valence-electron chi connectivity index (χ1n) is 9.67. The molecule has 2 unspecified atom stereocenters. The van der Waals surface area contributed by atoms with Crippen LogP contribution < -0.4 is 5.32 Å². The minimum absolute atomic E-state index is 0.209. The highest BCUT2D eigenvalue weighted by atomic mass is 16.3. The van der Waals surface area contributed by atoms with E-state index in [2.05, 4.69) is 12.2 Å². The topological polar surface area (TPSA) is 69.6 Å². The van der Waals surface area contributed by atoms with Crippen LogP contribution >= 0.6 is 0 Å². The fourth-order valence-corrected chi connectivity index (χ4v) is 2.92. The van der Waals surface area contributed by atoms with Gasteiger partial charge in [-0.05, 0) is 6.42 Å². The first kappa shape index (κ1) is 22.4. The smallest absolute Gasteiger partial charge is 0.217 e. The first-order chi connectivity index (χ1) is 11.1. The predicted octanol–water partition coefficient (Wildman–Crippen LogP) is 3.94. The van der Waals surface area contributed by atoms with Crippen molar-refractivity contribution in [2.24, 2.45) is 0 Å². The molecule has 0 bridgehead atoms. The third-order valence-electron chi connectivity index (χ3n) is 4.40. The van der Waals surface area contributed by atoms with Crippen molar-refractivity contribution in [2.45, 2.75) is 109 Å². The van der Waals surface area contributed by atoms with Crippen molar-refractivity contribution in [1.29, 1.82) is 0 Å². The van der Waals surface area contributed by atoms with Crippen LogP contribution in [0.5, 0.6) is 0 Å². The second kappa shape index (κ2) is 16.3. The van der Waals surface area contributed by atoms with E-state index in [0.717, 1.165) is 12.8 Å². The van der Waals surface area contributed by atoms with Crippen LogP contribution in [-0.2, 0) is 4.79 Å². The molecule has 0 radical (unpaired) electrons. The lowest BCUT2D eigenvalue weighted by molar-refractivity contribution is -0.121. The maximum atomic E-state index is 11.0. The predicted molar refractivity (Wildman–Crippen MR) is 96.4 cm³/mol. The molecule has 0 aromatic rings. The number of rotatable bonds is 16. The van der Waals surface area contributed by atoms with Gasteiger partial charge in [-0.1, -0.05) is 84.0 Å². The summed E-state index contributed by atoms with van der Waals surface area (Å²) in [5, 5.41) is 21.7. The van der Waals surface area contributed by atoms with Gasteiger partial charge in [0.25, 0.3) is 0 Å². The van der Waals surface area contributed by atoms with E-state index in [1.54, 1.807) is 0 Å². The summed E-state index contributed by atoms with van der Waals surface area (Å²) >= 11 is 0. The molecule has 0 aromatic carbocycles. The minimum atomic E-state index is -0.646. The van der Waals surface area contributed by atoms with Crippen molar-refractivity contribution in [3.8, 4) is 0 Å². The zero-order chi connectivity index (χ0) is 17.3. The van der Waals surface area contributed by atoms with Crippen LogP contribution in [-0.4, -0.2) is 34.9 Å². The molecule has 0 aliphatic carbocycles. The quantitative estimate of drug-likeness (QED) is 0.376. The summed E-state index contributed by atoms with van der Waals surface area (Å²) < 4.78 is 0. The minimum Gasteiger partial charge on any atom is -0.394 e. The zero-order valence-corrected chi connectivity index (χ0v) is 15.4. The average molecular weight is 330 g/mol. The van der Waals surface area contributed by atoms with E-state index >= 15 is 0 Å². The SMILES string of the molecule is CCCCCCCCCCCCCCC(O)C(CO)NC(C)=O. The van der Waals surface area contributed by atoms with Crippen LogP contribution in [0.25, 0.3) is 0 Å². The highest BCUT2D eigenvalue weighted by Gasteiger charge is 2.18. The number of aliphatic hydroxyl groups is 2. The van der Waals surface area contributed by atoms with Gasteiger partial charge in [-0.3, -0.25) is 4.79 Å². The molecule has 0 rings (SSSR count). The van der Waals surface area contributed by atoms with Crippen molar-refractivity contribution < 1.29 is 15.0 Å². The molecule has 0 aromatic heterocycles. The normalized spacial score (nSPS) is 13.7. The standard InChI is InChI=1S/C19H39NO3/c1-3-4-5-6-7-8-9-10-11-12-13-14-15-19(23)18(16-21)20-17(2)22/h18-19,21,23H,3-16H2,1-2H3,(H,20,22). The van der Waals surface area contributed by atoms with E-state index in [1.807, 2.05) is 0 Å². The lowest BCUT2D eigenvalue weighted by atomic mass is 10.0. The Hall–Kier alpha value is -0.610. The van der Waals surface area contributed by atoms with Crippen LogP contribution in [0.4, 0.5) is 0 Å². The van der Waals surface area contributed by atoms with Gasteiger partial charge >= 0.3 is 0 Å². The molecule has 0 spiro atoms. The Morgan fingerprint density at radius 2 is 1.30 bits per heavy atom. The molecule has 1 amide bonds. The highest BCUT2D eigenvalue weighted by Crippen LogP contribution is 2.13. The largest absolute Gasteiger partial charge is 0.394 e. The number of hydrogen-bond acceptors (Lipinski definition) is 3. The Kier molecular flexibility index (Phi) is 15.8. The zero-order valence-electron chi connectivity index (χ0n) is 15.4. The second-order valence-corrected chi connectivity index (χ2v) is 6.73. The molecule has 138 valence electrons. The fraction of sp³-hybridized carbons (Fsp3) is 0.947. The van der Waals surface area contributed by atoms with Gasteiger partial charge in [-0.2, -0.15) is 0 Å². The van der Waals surface area contributed by atoms with Gasteiger partial charge in [0.15, 0.2) is 0 Å². The Bertz CT molecular complexity index is 271. The summed E-state index contributed by atoms with van der Waals surface area (Å²) in [7, 11) is 0. The van der Waals surface area contributed by atoms with Gasteiger partial charge in [-0.15, -0.1) is 0 Å². The number of aliphatic hydroxyl groups excluding tert-OH is 2. The molecule has 0 aliphatic rings. The molecule has 3 N–H and O–H groups in total. The number of unbranched alkanes of at least 4 members (excludes halogenated alkanes) is 11. The van der Waals surface area contributed by atoms with Gasteiger partial charge < -0.3 is 15.5 Å². The van der Waals surface area contributed by atoms with Crippen molar-refractivity contribution in [3.05, 3.63) is 0 Å². The van der Waals surface area contributed by atoms with Crippen molar-refractivity contribution in [3.63, 3.8) is 0 Å². The monoisotopic (exact) mass is 329 g/mol. The summed E-state index contributed by atoms with van der Waals surface area (Å²) in [5.74, 6) is -0.210. The summed E-state index contributed by atoms with van der Waals surface area (Å²) in [5.41, 5.74) is 0. The molecular formula is C19H39NO3.